The first-order valence-electron chi connectivity index (χ1n) is 8.14. The van der Waals surface area contributed by atoms with E-state index in [1.807, 2.05) is 24.4 Å². The van der Waals surface area contributed by atoms with Gasteiger partial charge >= 0.3 is 0 Å². The summed E-state index contributed by atoms with van der Waals surface area (Å²) in [5.74, 6) is 0.203. The first-order chi connectivity index (χ1) is 11.5. The fraction of sp³-hybridized carbons (Fsp3) is 0.368. The van der Waals surface area contributed by atoms with E-state index < -0.39 is 0 Å². The summed E-state index contributed by atoms with van der Waals surface area (Å²) in [6, 6.07) is 9.95. The highest BCUT2D eigenvalue weighted by atomic mass is 32.1. The van der Waals surface area contributed by atoms with Crippen LogP contribution in [0.25, 0.3) is 0 Å². The normalized spacial score (nSPS) is 12.0. The Morgan fingerprint density at radius 2 is 1.79 bits per heavy atom. The molecule has 2 amide bonds. The lowest BCUT2D eigenvalue weighted by molar-refractivity contribution is -0.120. The van der Waals surface area contributed by atoms with Crippen LogP contribution in [0.2, 0.25) is 0 Å². The SMILES string of the molecule is CC(C)Cc1ccc(C(C)NC(=O)CNC(=O)c2ccsc2)cc1. The topological polar surface area (TPSA) is 58.2 Å². The van der Waals surface area contributed by atoms with Gasteiger partial charge in [-0.2, -0.15) is 11.3 Å². The fourth-order valence-corrected chi connectivity index (χ4v) is 3.08. The van der Waals surface area contributed by atoms with Crippen molar-refractivity contribution in [3.63, 3.8) is 0 Å². The zero-order valence-corrected chi connectivity index (χ0v) is 15.2. The van der Waals surface area contributed by atoms with E-state index in [0.29, 0.717) is 11.5 Å². The number of amides is 2. The lowest BCUT2D eigenvalue weighted by atomic mass is 10.00. The number of hydrogen-bond acceptors (Lipinski definition) is 3. The van der Waals surface area contributed by atoms with Gasteiger partial charge < -0.3 is 10.6 Å². The van der Waals surface area contributed by atoms with Gasteiger partial charge in [0.1, 0.15) is 0 Å². The smallest absolute Gasteiger partial charge is 0.252 e. The van der Waals surface area contributed by atoms with Gasteiger partial charge in [-0.25, -0.2) is 0 Å². The van der Waals surface area contributed by atoms with Gasteiger partial charge in [0.15, 0.2) is 0 Å². The predicted octanol–water partition coefficient (Wildman–Crippen LogP) is 3.55. The third kappa shape index (κ3) is 5.49. The molecule has 2 aromatic rings. The fourth-order valence-electron chi connectivity index (χ4n) is 2.45. The second-order valence-corrected chi connectivity index (χ2v) is 7.10. The molecule has 24 heavy (non-hydrogen) atoms. The van der Waals surface area contributed by atoms with Crippen molar-refractivity contribution in [3.05, 3.63) is 57.8 Å². The molecule has 1 aromatic carbocycles. The van der Waals surface area contributed by atoms with Gasteiger partial charge in [-0.05, 0) is 41.8 Å². The minimum atomic E-state index is -0.225. The highest BCUT2D eigenvalue weighted by Crippen LogP contribution is 2.15. The van der Waals surface area contributed by atoms with E-state index in [2.05, 4.69) is 36.6 Å². The van der Waals surface area contributed by atoms with Crippen LogP contribution in [0.3, 0.4) is 0 Å². The van der Waals surface area contributed by atoms with Crippen LogP contribution in [0.5, 0.6) is 0 Å². The van der Waals surface area contributed by atoms with Crippen LogP contribution in [0.15, 0.2) is 41.1 Å². The van der Waals surface area contributed by atoms with Crippen LogP contribution < -0.4 is 10.6 Å². The molecule has 1 aromatic heterocycles. The summed E-state index contributed by atoms with van der Waals surface area (Å²) in [5, 5.41) is 9.13. The largest absolute Gasteiger partial charge is 0.348 e. The quantitative estimate of drug-likeness (QED) is 0.807. The number of rotatable bonds is 7. The molecule has 0 bridgehead atoms. The lowest BCUT2D eigenvalue weighted by Gasteiger charge is -2.15. The summed E-state index contributed by atoms with van der Waals surface area (Å²) in [4.78, 5) is 23.8. The maximum Gasteiger partial charge on any atom is 0.252 e. The second-order valence-electron chi connectivity index (χ2n) is 6.32. The molecule has 4 nitrogen and oxygen atoms in total. The minimum Gasteiger partial charge on any atom is -0.348 e. The standard InChI is InChI=1S/C19H24N2O2S/c1-13(2)10-15-4-6-16(7-5-15)14(3)21-18(22)11-20-19(23)17-8-9-24-12-17/h4-9,12-14H,10-11H2,1-3H3,(H,20,23)(H,21,22). The molecule has 0 saturated heterocycles. The van der Waals surface area contributed by atoms with Crippen molar-refractivity contribution in [2.45, 2.75) is 33.2 Å². The molecule has 0 aliphatic carbocycles. The number of carbonyl (C=O) groups is 2. The maximum absolute atomic E-state index is 12.0. The predicted molar refractivity (Wildman–Crippen MR) is 98.2 cm³/mol. The van der Waals surface area contributed by atoms with Crippen molar-refractivity contribution in [1.82, 2.24) is 10.6 Å². The Morgan fingerprint density at radius 3 is 2.38 bits per heavy atom. The zero-order chi connectivity index (χ0) is 17.5. The van der Waals surface area contributed by atoms with Crippen molar-refractivity contribution in [2.24, 2.45) is 5.92 Å². The molecular formula is C19H24N2O2S. The summed E-state index contributed by atoms with van der Waals surface area (Å²) in [6.45, 7) is 6.31. The molecule has 2 N–H and O–H groups in total. The van der Waals surface area contributed by atoms with Crippen molar-refractivity contribution >= 4 is 23.2 Å². The molecule has 1 heterocycles. The van der Waals surface area contributed by atoms with Crippen LogP contribution in [0, 0.1) is 5.92 Å². The van der Waals surface area contributed by atoms with E-state index >= 15 is 0 Å². The molecular weight excluding hydrogens is 320 g/mol. The average Bonchev–Trinajstić information content (AvgIpc) is 3.07. The Labute approximate surface area is 147 Å². The van der Waals surface area contributed by atoms with Gasteiger partial charge in [0.05, 0.1) is 12.6 Å². The molecule has 1 unspecified atom stereocenters. The summed E-state index contributed by atoms with van der Waals surface area (Å²) in [5.41, 5.74) is 2.94. The molecule has 1 atom stereocenters. The molecule has 0 fully saturated rings. The zero-order valence-electron chi connectivity index (χ0n) is 14.3. The van der Waals surface area contributed by atoms with Crippen LogP contribution in [-0.2, 0) is 11.2 Å². The first kappa shape index (κ1) is 18.2. The van der Waals surface area contributed by atoms with E-state index in [9.17, 15) is 9.59 Å². The maximum atomic E-state index is 12.0. The number of carbonyl (C=O) groups excluding carboxylic acids is 2. The highest BCUT2D eigenvalue weighted by molar-refractivity contribution is 7.08. The highest BCUT2D eigenvalue weighted by Gasteiger charge is 2.12. The number of nitrogens with one attached hydrogen (secondary N) is 2. The van der Waals surface area contributed by atoms with Gasteiger partial charge in [-0.3, -0.25) is 9.59 Å². The third-order valence-electron chi connectivity index (χ3n) is 3.69. The van der Waals surface area contributed by atoms with E-state index in [4.69, 9.17) is 0 Å². The van der Waals surface area contributed by atoms with E-state index in [0.717, 1.165) is 12.0 Å². The van der Waals surface area contributed by atoms with Crippen LogP contribution in [-0.4, -0.2) is 18.4 Å². The minimum absolute atomic E-state index is 0.0234. The Balaban J connectivity index is 1.81. The number of benzene rings is 1. The molecule has 2 rings (SSSR count). The van der Waals surface area contributed by atoms with Crippen LogP contribution in [0.1, 0.15) is 48.3 Å². The average molecular weight is 344 g/mol. The lowest BCUT2D eigenvalue weighted by Crippen LogP contribution is -2.37. The molecule has 128 valence electrons. The summed E-state index contributed by atoms with van der Waals surface area (Å²) in [6.07, 6.45) is 1.05. The monoisotopic (exact) mass is 344 g/mol. The van der Waals surface area contributed by atoms with Gasteiger partial charge in [-0.1, -0.05) is 38.1 Å². The summed E-state index contributed by atoms with van der Waals surface area (Å²) >= 11 is 1.45. The molecule has 0 aliphatic rings. The summed E-state index contributed by atoms with van der Waals surface area (Å²) < 4.78 is 0. The molecule has 5 heteroatoms. The van der Waals surface area contributed by atoms with E-state index in [1.165, 1.54) is 16.9 Å². The molecule has 0 saturated carbocycles. The number of hydrogen-bond donors (Lipinski definition) is 2. The molecule has 0 spiro atoms. The molecule has 0 aliphatic heterocycles. The Hall–Kier alpha value is -2.14. The Kier molecular flexibility index (Phi) is 6.55. The summed E-state index contributed by atoms with van der Waals surface area (Å²) in [7, 11) is 0. The van der Waals surface area contributed by atoms with Crippen molar-refractivity contribution in [3.8, 4) is 0 Å². The Bertz CT molecular complexity index is 663. The van der Waals surface area contributed by atoms with Crippen LogP contribution in [0.4, 0.5) is 0 Å². The van der Waals surface area contributed by atoms with E-state index in [1.54, 1.807) is 11.4 Å². The molecule has 0 radical (unpaired) electrons. The van der Waals surface area contributed by atoms with Gasteiger partial charge in [-0.15, -0.1) is 0 Å². The first-order valence-corrected chi connectivity index (χ1v) is 9.08. The number of thiophene rings is 1. The van der Waals surface area contributed by atoms with Gasteiger partial charge in [0.2, 0.25) is 5.91 Å². The van der Waals surface area contributed by atoms with Gasteiger partial charge in [0, 0.05) is 10.9 Å². The Morgan fingerprint density at radius 1 is 1.08 bits per heavy atom. The third-order valence-corrected chi connectivity index (χ3v) is 4.38. The van der Waals surface area contributed by atoms with Crippen molar-refractivity contribution in [2.75, 3.05) is 6.54 Å². The van der Waals surface area contributed by atoms with E-state index in [-0.39, 0.29) is 24.4 Å². The van der Waals surface area contributed by atoms with Crippen LogP contribution >= 0.6 is 11.3 Å². The van der Waals surface area contributed by atoms with Crippen molar-refractivity contribution in [1.29, 1.82) is 0 Å². The van der Waals surface area contributed by atoms with Crippen molar-refractivity contribution < 1.29 is 9.59 Å². The second kappa shape index (κ2) is 8.64. The van der Waals surface area contributed by atoms with Gasteiger partial charge in [0.25, 0.3) is 5.91 Å².